The Labute approximate surface area is 129 Å². The van der Waals surface area contributed by atoms with Crippen molar-refractivity contribution in [2.45, 2.75) is 18.6 Å². The quantitative estimate of drug-likeness (QED) is 0.835. The van der Waals surface area contributed by atoms with E-state index in [-0.39, 0.29) is 23.6 Å². The van der Waals surface area contributed by atoms with E-state index in [1.165, 1.54) is 7.11 Å². The third-order valence-electron chi connectivity index (χ3n) is 2.70. The number of benzene rings is 1. The standard InChI is InChI=1S/C13H13ClF3NO4/c1-22-3-2-10(12(20)21)18-11(19)7-4-8(13(15,16)17)6-9(14)5-7/h4-6,10H,2-3H2,1H3,(H,18,19)(H,20,21). The zero-order valence-corrected chi connectivity index (χ0v) is 12.2. The Bertz CT molecular complexity index is 563. The minimum Gasteiger partial charge on any atom is -0.480 e. The smallest absolute Gasteiger partial charge is 0.416 e. The molecular formula is C13H13ClF3NO4. The predicted octanol–water partition coefficient (Wildman–Crippen LogP) is 2.58. The average Bonchev–Trinajstić information content (AvgIpc) is 2.41. The van der Waals surface area contributed by atoms with Crippen LogP contribution >= 0.6 is 11.6 Å². The Morgan fingerprint density at radius 1 is 1.36 bits per heavy atom. The zero-order valence-electron chi connectivity index (χ0n) is 11.4. The molecule has 0 aromatic heterocycles. The van der Waals surface area contributed by atoms with Crippen LogP contribution in [0.1, 0.15) is 22.3 Å². The maximum Gasteiger partial charge on any atom is 0.416 e. The first kappa shape index (κ1) is 18.2. The lowest BCUT2D eigenvalue weighted by molar-refractivity contribution is -0.140. The largest absolute Gasteiger partial charge is 0.480 e. The molecule has 5 nitrogen and oxygen atoms in total. The van der Waals surface area contributed by atoms with Gasteiger partial charge in [-0.2, -0.15) is 13.2 Å². The average molecular weight is 340 g/mol. The number of methoxy groups -OCH3 is 1. The lowest BCUT2D eigenvalue weighted by Crippen LogP contribution is -2.41. The summed E-state index contributed by atoms with van der Waals surface area (Å²) in [4.78, 5) is 22.9. The number of halogens is 4. The molecule has 0 fully saturated rings. The molecule has 1 rings (SSSR count). The van der Waals surface area contributed by atoms with Gasteiger partial charge < -0.3 is 15.2 Å². The Morgan fingerprint density at radius 2 is 2.00 bits per heavy atom. The van der Waals surface area contributed by atoms with Crippen molar-refractivity contribution in [1.29, 1.82) is 0 Å². The van der Waals surface area contributed by atoms with Crippen molar-refractivity contribution < 1.29 is 32.6 Å². The zero-order chi connectivity index (χ0) is 16.9. The van der Waals surface area contributed by atoms with Gasteiger partial charge in [0.1, 0.15) is 6.04 Å². The van der Waals surface area contributed by atoms with E-state index in [1.807, 2.05) is 0 Å². The first-order valence-electron chi connectivity index (χ1n) is 6.05. The second-order valence-electron chi connectivity index (χ2n) is 4.37. The molecule has 1 unspecified atom stereocenters. The van der Waals surface area contributed by atoms with Crippen LogP contribution in [-0.4, -0.2) is 36.7 Å². The normalized spacial score (nSPS) is 12.8. The highest BCUT2D eigenvalue weighted by Crippen LogP contribution is 2.31. The third-order valence-corrected chi connectivity index (χ3v) is 2.92. The van der Waals surface area contributed by atoms with Crippen LogP contribution in [0.5, 0.6) is 0 Å². The van der Waals surface area contributed by atoms with E-state index in [2.05, 4.69) is 5.32 Å². The molecule has 122 valence electrons. The molecule has 9 heteroatoms. The van der Waals surface area contributed by atoms with Crippen LogP contribution < -0.4 is 5.32 Å². The van der Waals surface area contributed by atoms with Crippen molar-refractivity contribution in [1.82, 2.24) is 5.32 Å². The number of carbonyl (C=O) groups is 2. The summed E-state index contributed by atoms with van der Waals surface area (Å²) in [5, 5.41) is 10.8. The molecule has 0 radical (unpaired) electrons. The van der Waals surface area contributed by atoms with Crippen LogP contribution in [0.3, 0.4) is 0 Å². The van der Waals surface area contributed by atoms with Gasteiger partial charge in [-0.05, 0) is 18.2 Å². The fourth-order valence-electron chi connectivity index (χ4n) is 1.62. The number of carboxylic acids is 1. The van der Waals surface area contributed by atoms with Crippen molar-refractivity contribution in [3.05, 3.63) is 34.3 Å². The van der Waals surface area contributed by atoms with Gasteiger partial charge in [0.15, 0.2) is 0 Å². The van der Waals surface area contributed by atoms with Gasteiger partial charge in [-0.15, -0.1) is 0 Å². The third kappa shape index (κ3) is 5.19. The van der Waals surface area contributed by atoms with Gasteiger partial charge in [0.05, 0.1) is 5.56 Å². The number of carbonyl (C=O) groups excluding carboxylic acids is 1. The minimum atomic E-state index is -4.66. The number of carboxylic acid groups (broad SMARTS) is 1. The van der Waals surface area contributed by atoms with Crippen LogP contribution in [0.4, 0.5) is 13.2 Å². The SMILES string of the molecule is COCCC(NC(=O)c1cc(Cl)cc(C(F)(F)F)c1)C(=O)O. The Morgan fingerprint density at radius 3 is 2.50 bits per heavy atom. The molecule has 22 heavy (non-hydrogen) atoms. The van der Waals surface area contributed by atoms with Crippen molar-refractivity contribution in [2.24, 2.45) is 0 Å². The number of hydrogen-bond acceptors (Lipinski definition) is 3. The minimum absolute atomic E-state index is 0.0235. The Hall–Kier alpha value is -1.80. The highest BCUT2D eigenvalue weighted by molar-refractivity contribution is 6.31. The van der Waals surface area contributed by atoms with Crippen molar-refractivity contribution in [3.8, 4) is 0 Å². The van der Waals surface area contributed by atoms with Crippen LogP contribution in [0.15, 0.2) is 18.2 Å². The molecule has 1 aromatic carbocycles. The van der Waals surface area contributed by atoms with E-state index in [0.717, 1.165) is 6.07 Å². The van der Waals surface area contributed by atoms with Crippen molar-refractivity contribution in [2.75, 3.05) is 13.7 Å². The van der Waals surface area contributed by atoms with Gasteiger partial charge in [0.25, 0.3) is 5.91 Å². The summed E-state index contributed by atoms with van der Waals surface area (Å²) in [7, 11) is 1.35. The van der Waals surface area contributed by atoms with E-state index < -0.39 is 29.7 Å². The second kappa shape index (κ2) is 7.46. The molecular weight excluding hydrogens is 327 g/mol. The number of alkyl halides is 3. The number of rotatable bonds is 6. The molecule has 0 saturated carbocycles. The van der Waals surface area contributed by atoms with Crippen molar-refractivity contribution >= 4 is 23.5 Å². The van der Waals surface area contributed by atoms with Crippen LogP contribution in [0.2, 0.25) is 5.02 Å². The number of nitrogens with one attached hydrogen (secondary N) is 1. The Kier molecular flexibility index (Phi) is 6.19. The summed E-state index contributed by atoms with van der Waals surface area (Å²) in [5.74, 6) is -2.28. The van der Waals surface area contributed by atoms with Gasteiger partial charge in [-0.1, -0.05) is 11.6 Å². The topological polar surface area (TPSA) is 75.6 Å². The van der Waals surface area contributed by atoms with Gasteiger partial charge >= 0.3 is 12.1 Å². The first-order valence-corrected chi connectivity index (χ1v) is 6.43. The molecule has 0 saturated heterocycles. The molecule has 1 atom stereocenters. The molecule has 0 aliphatic carbocycles. The van der Waals surface area contributed by atoms with Gasteiger partial charge in [-0.25, -0.2) is 4.79 Å². The molecule has 1 aromatic rings. The molecule has 2 N–H and O–H groups in total. The molecule has 0 spiro atoms. The highest BCUT2D eigenvalue weighted by Gasteiger charge is 2.32. The summed E-state index contributed by atoms with van der Waals surface area (Å²) in [6.45, 7) is 0.0700. The van der Waals surface area contributed by atoms with Crippen molar-refractivity contribution in [3.63, 3.8) is 0 Å². The van der Waals surface area contributed by atoms with Gasteiger partial charge in [-0.3, -0.25) is 4.79 Å². The molecule has 0 aliphatic heterocycles. The molecule has 0 heterocycles. The van der Waals surface area contributed by atoms with E-state index in [9.17, 15) is 22.8 Å². The summed E-state index contributed by atoms with van der Waals surface area (Å²) in [5.41, 5.74) is -1.46. The maximum absolute atomic E-state index is 12.7. The Balaban J connectivity index is 2.97. The van der Waals surface area contributed by atoms with Crippen LogP contribution in [0.25, 0.3) is 0 Å². The fourth-order valence-corrected chi connectivity index (χ4v) is 1.85. The molecule has 1 amide bonds. The van der Waals surface area contributed by atoms with E-state index in [4.69, 9.17) is 21.4 Å². The van der Waals surface area contributed by atoms with Gasteiger partial charge in [0, 0.05) is 30.7 Å². The number of hydrogen-bond donors (Lipinski definition) is 2. The lowest BCUT2D eigenvalue weighted by atomic mass is 10.1. The van der Waals surface area contributed by atoms with Crippen LogP contribution in [0, 0.1) is 0 Å². The summed E-state index contributed by atoms with van der Waals surface area (Å²) < 4.78 is 42.7. The molecule has 0 bridgehead atoms. The summed E-state index contributed by atoms with van der Waals surface area (Å²) in [6, 6.07) is 1.04. The second-order valence-corrected chi connectivity index (χ2v) is 4.81. The predicted molar refractivity (Wildman–Crippen MR) is 71.8 cm³/mol. The van der Waals surface area contributed by atoms with E-state index in [0.29, 0.717) is 12.1 Å². The van der Waals surface area contributed by atoms with E-state index in [1.54, 1.807) is 0 Å². The number of amides is 1. The lowest BCUT2D eigenvalue weighted by Gasteiger charge is -2.15. The van der Waals surface area contributed by atoms with Crippen LogP contribution in [-0.2, 0) is 15.7 Å². The summed E-state index contributed by atoms with van der Waals surface area (Å²) in [6.07, 6.45) is -4.69. The van der Waals surface area contributed by atoms with Gasteiger partial charge in [0.2, 0.25) is 0 Å². The summed E-state index contributed by atoms with van der Waals surface area (Å²) >= 11 is 5.57. The van der Waals surface area contributed by atoms with E-state index >= 15 is 0 Å². The monoisotopic (exact) mass is 339 g/mol. The fraction of sp³-hybridized carbons (Fsp3) is 0.385. The first-order chi connectivity index (χ1) is 10.1. The highest BCUT2D eigenvalue weighted by atomic mass is 35.5. The number of ether oxygens (including phenoxy) is 1. The maximum atomic E-state index is 12.7. The number of aliphatic carboxylic acids is 1. The molecule has 0 aliphatic rings.